The second kappa shape index (κ2) is 5.42. The maximum atomic E-state index is 4.56. The highest BCUT2D eigenvalue weighted by Gasteiger charge is 2.17. The van der Waals surface area contributed by atoms with E-state index in [2.05, 4.69) is 56.0 Å². The Balaban J connectivity index is 1.50. The summed E-state index contributed by atoms with van der Waals surface area (Å²) in [5, 5.41) is 8.12. The number of para-hydroxylation sites is 1. The SMILES string of the molecule is Cc1nc2c(c(NCCc3c[nH]c4ccccc34)n1)CNC2. The molecule has 0 amide bonds. The van der Waals surface area contributed by atoms with Crippen LogP contribution < -0.4 is 10.6 Å². The molecular weight excluding hydrogens is 274 g/mol. The molecule has 2 aromatic heterocycles. The first-order valence-corrected chi connectivity index (χ1v) is 7.67. The minimum atomic E-state index is 0.831. The third kappa shape index (κ3) is 2.33. The van der Waals surface area contributed by atoms with Gasteiger partial charge in [-0.1, -0.05) is 18.2 Å². The molecule has 1 aliphatic heterocycles. The first kappa shape index (κ1) is 13.3. The van der Waals surface area contributed by atoms with Crippen molar-refractivity contribution in [3.05, 3.63) is 53.1 Å². The van der Waals surface area contributed by atoms with E-state index in [1.807, 2.05) is 6.92 Å². The summed E-state index contributed by atoms with van der Waals surface area (Å²) in [6, 6.07) is 8.41. The van der Waals surface area contributed by atoms with Gasteiger partial charge in [-0.3, -0.25) is 0 Å². The molecule has 3 N–H and O–H groups in total. The Kier molecular flexibility index (Phi) is 3.27. The van der Waals surface area contributed by atoms with Crippen LogP contribution >= 0.6 is 0 Å². The van der Waals surface area contributed by atoms with Gasteiger partial charge in [0.15, 0.2) is 0 Å². The number of nitrogens with zero attached hydrogens (tertiary/aromatic N) is 2. The fourth-order valence-electron chi connectivity index (χ4n) is 3.09. The number of rotatable bonds is 4. The lowest BCUT2D eigenvalue weighted by atomic mass is 10.1. The van der Waals surface area contributed by atoms with Crippen LogP contribution in [0.2, 0.25) is 0 Å². The molecule has 0 spiro atoms. The van der Waals surface area contributed by atoms with E-state index < -0.39 is 0 Å². The van der Waals surface area contributed by atoms with Crippen LogP contribution in [0.4, 0.5) is 5.82 Å². The molecule has 0 fully saturated rings. The first-order valence-electron chi connectivity index (χ1n) is 7.67. The Hall–Kier alpha value is -2.40. The van der Waals surface area contributed by atoms with Crippen LogP contribution in [0.3, 0.4) is 0 Å². The van der Waals surface area contributed by atoms with Gasteiger partial charge in [-0.25, -0.2) is 9.97 Å². The Morgan fingerprint density at radius 3 is 3.05 bits per heavy atom. The highest BCUT2D eigenvalue weighted by molar-refractivity contribution is 5.83. The third-order valence-electron chi connectivity index (χ3n) is 4.16. The summed E-state index contributed by atoms with van der Waals surface area (Å²) in [6.45, 7) is 4.51. The van der Waals surface area contributed by atoms with Crippen molar-refractivity contribution >= 4 is 16.7 Å². The Morgan fingerprint density at radius 1 is 1.18 bits per heavy atom. The van der Waals surface area contributed by atoms with Gasteiger partial charge >= 0.3 is 0 Å². The fourth-order valence-corrected chi connectivity index (χ4v) is 3.09. The fraction of sp³-hybridized carbons (Fsp3) is 0.294. The average Bonchev–Trinajstić information content (AvgIpc) is 3.14. The first-order chi connectivity index (χ1) is 10.8. The van der Waals surface area contributed by atoms with Crippen molar-refractivity contribution in [2.45, 2.75) is 26.4 Å². The maximum absolute atomic E-state index is 4.56. The van der Waals surface area contributed by atoms with Gasteiger partial charge in [-0.05, 0) is 25.0 Å². The number of hydrogen-bond acceptors (Lipinski definition) is 4. The molecule has 22 heavy (non-hydrogen) atoms. The van der Waals surface area contributed by atoms with Crippen molar-refractivity contribution in [3.8, 4) is 0 Å². The number of benzene rings is 1. The van der Waals surface area contributed by atoms with Crippen LogP contribution in [0.5, 0.6) is 0 Å². The normalized spacial score (nSPS) is 13.5. The Labute approximate surface area is 129 Å². The minimum absolute atomic E-state index is 0.831. The third-order valence-corrected chi connectivity index (χ3v) is 4.16. The number of anilines is 1. The van der Waals surface area contributed by atoms with E-state index in [1.54, 1.807) is 0 Å². The molecule has 3 heterocycles. The molecule has 0 saturated carbocycles. The minimum Gasteiger partial charge on any atom is -0.369 e. The van der Waals surface area contributed by atoms with Crippen molar-refractivity contribution in [2.24, 2.45) is 0 Å². The predicted molar refractivity (Wildman–Crippen MR) is 87.8 cm³/mol. The standard InChI is InChI=1S/C17H19N5/c1-11-21-16-10-18-9-14(16)17(22-11)19-7-6-12-8-20-15-5-3-2-4-13(12)15/h2-5,8,18,20H,6-7,9-10H2,1H3,(H,19,21,22). The van der Waals surface area contributed by atoms with Crippen LogP contribution in [0, 0.1) is 6.92 Å². The van der Waals surface area contributed by atoms with Gasteiger partial charge < -0.3 is 15.6 Å². The molecule has 1 aliphatic rings. The van der Waals surface area contributed by atoms with E-state index in [-0.39, 0.29) is 0 Å². The van der Waals surface area contributed by atoms with Crippen molar-refractivity contribution in [2.75, 3.05) is 11.9 Å². The van der Waals surface area contributed by atoms with Gasteiger partial charge in [-0.15, -0.1) is 0 Å². The lowest BCUT2D eigenvalue weighted by Crippen LogP contribution is -2.10. The number of H-pyrrole nitrogens is 1. The number of aryl methyl sites for hydroxylation is 1. The summed E-state index contributed by atoms with van der Waals surface area (Å²) in [5.74, 6) is 1.81. The topological polar surface area (TPSA) is 65.6 Å². The zero-order chi connectivity index (χ0) is 14.9. The molecule has 0 unspecified atom stereocenters. The van der Waals surface area contributed by atoms with Crippen LogP contribution in [-0.4, -0.2) is 21.5 Å². The summed E-state index contributed by atoms with van der Waals surface area (Å²) in [5.41, 5.74) is 4.87. The van der Waals surface area contributed by atoms with Gasteiger partial charge in [0.1, 0.15) is 11.6 Å². The molecule has 0 atom stereocenters. The van der Waals surface area contributed by atoms with E-state index in [0.717, 1.165) is 43.4 Å². The molecule has 5 heteroatoms. The molecule has 0 saturated heterocycles. The van der Waals surface area contributed by atoms with E-state index in [0.29, 0.717) is 0 Å². The van der Waals surface area contributed by atoms with Crippen molar-refractivity contribution in [1.29, 1.82) is 0 Å². The van der Waals surface area contributed by atoms with Gasteiger partial charge in [0, 0.05) is 42.3 Å². The van der Waals surface area contributed by atoms with Crippen molar-refractivity contribution < 1.29 is 0 Å². The number of hydrogen-bond donors (Lipinski definition) is 3. The van der Waals surface area contributed by atoms with Crippen LogP contribution in [0.15, 0.2) is 30.5 Å². The Morgan fingerprint density at radius 2 is 2.09 bits per heavy atom. The largest absolute Gasteiger partial charge is 0.369 e. The summed E-state index contributed by atoms with van der Waals surface area (Å²) in [6.07, 6.45) is 3.07. The highest BCUT2D eigenvalue weighted by atomic mass is 15.1. The smallest absolute Gasteiger partial charge is 0.134 e. The zero-order valence-corrected chi connectivity index (χ0v) is 12.6. The van der Waals surface area contributed by atoms with E-state index in [1.165, 1.54) is 22.0 Å². The second-order valence-electron chi connectivity index (χ2n) is 5.68. The number of aromatic amines is 1. The van der Waals surface area contributed by atoms with E-state index >= 15 is 0 Å². The summed E-state index contributed by atoms with van der Waals surface area (Å²) in [4.78, 5) is 12.4. The summed E-state index contributed by atoms with van der Waals surface area (Å²) in [7, 11) is 0. The Bertz CT molecular complexity index is 821. The molecule has 5 nitrogen and oxygen atoms in total. The maximum Gasteiger partial charge on any atom is 0.134 e. The van der Waals surface area contributed by atoms with E-state index in [9.17, 15) is 0 Å². The zero-order valence-electron chi connectivity index (χ0n) is 12.6. The van der Waals surface area contributed by atoms with Gasteiger partial charge in [0.25, 0.3) is 0 Å². The lowest BCUT2D eigenvalue weighted by Gasteiger charge is -2.10. The van der Waals surface area contributed by atoms with Gasteiger partial charge in [0.05, 0.1) is 5.69 Å². The molecular formula is C17H19N5. The molecule has 3 aromatic rings. The predicted octanol–water partition coefficient (Wildman–Crippen LogP) is 2.52. The summed E-state index contributed by atoms with van der Waals surface area (Å²) >= 11 is 0. The average molecular weight is 293 g/mol. The quantitative estimate of drug-likeness (QED) is 0.691. The summed E-state index contributed by atoms with van der Waals surface area (Å²) < 4.78 is 0. The number of nitrogens with one attached hydrogen (secondary N) is 3. The van der Waals surface area contributed by atoms with Gasteiger partial charge in [-0.2, -0.15) is 0 Å². The number of fused-ring (bicyclic) bond motifs is 2. The molecule has 1 aromatic carbocycles. The van der Waals surface area contributed by atoms with E-state index in [4.69, 9.17) is 0 Å². The van der Waals surface area contributed by atoms with Crippen LogP contribution in [-0.2, 0) is 19.5 Å². The molecule has 0 bridgehead atoms. The van der Waals surface area contributed by atoms with Crippen LogP contribution in [0.25, 0.3) is 10.9 Å². The van der Waals surface area contributed by atoms with Crippen molar-refractivity contribution in [1.82, 2.24) is 20.3 Å². The van der Waals surface area contributed by atoms with Crippen LogP contribution in [0.1, 0.15) is 22.6 Å². The van der Waals surface area contributed by atoms with Crippen molar-refractivity contribution in [3.63, 3.8) is 0 Å². The lowest BCUT2D eigenvalue weighted by molar-refractivity contribution is 0.757. The second-order valence-corrected chi connectivity index (χ2v) is 5.68. The number of aromatic nitrogens is 3. The monoisotopic (exact) mass is 293 g/mol. The molecule has 0 radical (unpaired) electrons. The molecule has 112 valence electrons. The molecule has 4 rings (SSSR count). The highest BCUT2D eigenvalue weighted by Crippen LogP contribution is 2.22. The molecule has 0 aliphatic carbocycles. The van der Waals surface area contributed by atoms with Gasteiger partial charge in [0.2, 0.25) is 0 Å².